The molecule has 1 aromatic heterocycles. The molecule has 88 valence electrons. The SMILES string of the molecule is Nc1cc(Oc2cc(Cl)c(Cl)cc2Cl)ncn1. The molecule has 0 aliphatic heterocycles. The number of nitrogens with two attached hydrogens (primary N) is 1. The largest absolute Gasteiger partial charge is 0.437 e. The van der Waals surface area contributed by atoms with E-state index in [2.05, 4.69) is 9.97 Å². The first-order valence-corrected chi connectivity index (χ1v) is 5.59. The monoisotopic (exact) mass is 289 g/mol. The summed E-state index contributed by atoms with van der Waals surface area (Å²) in [5.41, 5.74) is 5.49. The van der Waals surface area contributed by atoms with E-state index < -0.39 is 0 Å². The molecule has 0 aliphatic carbocycles. The summed E-state index contributed by atoms with van der Waals surface area (Å²) in [7, 11) is 0. The molecule has 0 saturated heterocycles. The Morgan fingerprint density at radius 1 is 0.941 bits per heavy atom. The molecule has 0 fully saturated rings. The van der Waals surface area contributed by atoms with Gasteiger partial charge in [-0.25, -0.2) is 9.97 Å². The number of anilines is 1. The van der Waals surface area contributed by atoms with E-state index in [0.717, 1.165) is 0 Å². The van der Waals surface area contributed by atoms with Crippen LogP contribution in [0.1, 0.15) is 0 Å². The zero-order valence-electron chi connectivity index (χ0n) is 8.32. The average Bonchev–Trinajstić information content (AvgIpc) is 2.26. The Hall–Kier alpha value is -1.23. The smallest absolute Gasteiger partial charge is 0.224 e. The third kappa shape index (κ3) is 2.91. The highest BCUT2D eigenvalue weighted by Crippen LogP contribution is 2.35. The number of nitrogen functional groups attached to an aromatic ring is 1. The normalized spacial score (nSPS) is 10.3. The van der Waals surface area contributed by atoms with Gasteiger partial charge in [-0.15, -0.1) is 0 Å². The first-order chi connectivity index (χ1) is 8.06. The zero-order chi connectivity index (χ0) is 12.4. The molecule has 7 heteroatoms. The van der Waals surface area contributed by atoms with Crippen molar-refractivity contribution < 1.29 is 4.74 Å². The van der Waals surface area contributed by atoms with Crippen LogP contribution >= 0.6 is 34.8 Å². The van der Waals surface area contributed by atoms with Gasteiger partial charge in [0.2, 0.25) is 5.88 Å². The van der Waals surface area contributed by atoms with Crippen LogP contribution in [0.15, 0.2) is 24.5 Å². The van der Waals surface area contributed by atoms with Crippen LogP contribution in [0, 0.1) is 0 Å². The van der Waals surface area contributed by atoms with E-state index in [1.165, 1.54) is 24.5 Å². The Kier molecular flexibility index (Phi) is 3.57. The number of benzene rings is 1. The summed E-state index contributed by atoms with van der Waals surface area (Å²) in [4.78, 5) is 7.62. The number of halogens is 3. The van der Waals surface area contributed by atoms with Crippen molar-refractivity contribution in [3.8, 4) is 11.6 Å². The number of rotatable bonds is 2. The van der Waals surface area contributed by atoms with Crippen LogP contribution in [0.3, 0.4) is 0 Å². The van der Waals surface area contributed by atoms with E-state index in [1.54, 1.807) is 0 Å². The molecule has 0 atom stereocenters. The third-order valence-corrected chi connectivity index (χ3v) is 2.87. The van der Waals surface area contributed by atoms with E-state index in [4.69, 9.17) is 45.3 Å². The van der Waals surface area contributed by atoms with E-state index >= 15 is 0 Å². The lowest BCUT2D eigenvalue weighted by Crippen LogP contribution is -1.94. The van der Waals surface area contributed by atoms with Crippen molar-refractivity contribution in [3.05, 3.63) is 39.6 Å². The van der Waals surface area contributed by atoms with Gasteiger partial charge in [0.05, 0.1) is 15.1 Å². The average molecular weight is 291 g/mol. The summed E-state index contributed by atoms with van der Waals surface area (Å²) < 4.78 is 5.42. The standard InChI is InChI=1S/C10H6Cl3N3O/c11-5-1-7(13)8(2-6(5)12)17-10-3-9(14)15-4-16-10/h1-4H,(H2,14,15,16). The molecule has 4 nitrogen and oxygen atoms in total. The Balaban J connectivity index is 2.33. The molecule has 2 aromatic rings. The third-order valence-electron chi connectivity index (χ3n) is 1.85. The van der Waals surface area contributed by atoms with Gasteiger partial charge in [0, 0.05) is 12.1 Å². The fourth-order valence-corrected chi connectivity index (χ4v) is 1.68. The molecular formula is C10H6Cl3N3O. The van der Waals surface area contributed by atoms with Gasteiger partial charge in [-0.1, -0.05) is 34.8 Å². The van der Waals surface area contributed by atoms with Crippen molar-refractivity contribution in [2.45, 2.75) is 0 Å². The molecule has 1 aromatic carbocycles. The molecule has 2 rings (SSSR count). The lowest BCUT2D eigenvalue weighted by Gasteiger charge is -2.07. The van der Waals surface area contributed by atoms with Gasteiger partial charge >= 0.3 is 0 Å². The van der Waals surface area contributed by atoms with Crippen LogP contribution < -0.4 is 10.5 Å². The maximum Gasteiger partial charge on any atom is 0.224 e. The minimum absolute atomic E-state index is 0.276. The number of ether oxygens (including phenoxy) is 1. The lowest BCUT2D eigenvalue weighted by molar-refractivity contribution is 0.462. The minimum Gasteiger partial charge on any atom is -0.437 e. The summed E-state index contributed by atoms with van der Waals surface area (Å²) >= 11 is 17.6. The summed E-state index contributed by atoms with van der Waals surface area (Å²) in [6, 6.07) is 4.47. The van der Waals surface area contributed by atoms with Crippen LogP contribution in [0.5, 0.6) is 11.6 Å². The molecule has 17 heavy (non-hydrogen) atoms. The van der Waals surface area contributed by atoms with Gasteiger partial charge in [-0.2, -0.15) is 0 Å². The van der Waals surface area contributed by atoms with Gasteiger partial charge in [-0.05, 0) is 6.07 Å². The number of hydrogen-bond acceptors (Lipinski definition) is 4. The molecule has 0 spiro atoms. The Morgan fingerprint density at radius 2 is 1.65 bits per heavy atom. The van der Waals surface area contributed by atoms with E-state index in [1.807, 2.05) is 0 Å². The topological polar surface area (TPSA) is 61.0 Å². The van der Waals surface area contributed by atoms with Crippen LogP contribution in [-0.2, 0) is 0 Å². The maximum atomic E-state index is 5.95. The molecule has 0 saturated carbocycles. The second-order valence-electron chi connectivity index (χ2n) is 3.08. The van der Waals surface area contributed by atoms with Crippen molar-refractivity contribution in [1.82, 2.24) is 9.97 Å². The van der Waals surface area contributed by atoms with Gasteiger partial charge in [-0.3, -0.25) is 0 Å². The van der Waals surface area contributed by atoms with Gasteiger partial charge in [0.25, 0.3) is 0 Å². The predicted molar refractivity (Wildman–Crippen MR) is 68.0 cm³/mol. The molecule has 0 radical (unpaired) electrons. The van der Waals surface area contributed by atoms with Gasteiger partial charge in [0.15, 0.2) is 0 Å². The maximum absolute atomic E-state index is 5.95. The van der Waals surface area contributed by atoms with Gasteiger partial charge in [0.1, 0.15) is 17.9 Å². The highest BCUT2D eigenvalue weighted by atomic mass is 35.5. The fraction of sp³-hybridized carbons (Fsp3) is 0. The highest BCUT2D eigenvalue weighted by molar-refractivity contribution is 6.43. The van der Waals surface area contributed by atoms with Crippen molar-refractivity contribution in [2.24, 2.45) is 0 Å². The van der Waals surface area contributed by atoms with Crippen molar-refractivity contribution in [1.29, 1.82) is 0 Å². The summed E-state index contributed by atoms with van der Waals surface area (Å²) in [6.45, 7) is 0. The second kappa shape index (κ2) is 4.96. The quantitative estimate of drug-likeness (QED) is 0.854. The molecule has 2 N–H and O–H groups in total. The first-order valence-electron chi connectivity index (χ1n) is 4.46. The molecular weight excluding hydrogens is 284 g/mol. The van der Waals surface area contributed by atoms with Crippen LogP contribution in [0.25, 0.3) is 0 Å². The van der Waals surface area contributed by atoms with Crippen LogP contribution in [-0.4, -0.2) is 9.97 Å². The molecule has 0 amide bonds. The number of hydrogen-bond donors (Lipinski definition) is 1. The number of aromatic nitrogens is 2. The van der Waals surface area contributed by atoms with E-state index in [0.29, 0.717) is 26.6 Å². The van der Waals surface area contributed by atoms with E-state index in [-0.39, 0.29) is 5.88 Å². The summed E-state index contributed by atoms with van der Waals surface area (Å²) in [5, 5.41) is 1.02. The lowest BCUT2D eigenvalue weighted by atomic mass is 10.3. The van der Waals surface area contributed by atoms with Crippen LogP contribution in [0.4, 0.5) is 5.82 Å². The van der Waals surface area contributed by atoms with Gasteiger partial charge < -0.3 is 10.5 Å². The van der Waals surface area contributed by atoms with E-state index in [9.17, 15) is 0 Å². The predicted octanol–water partition coefficient (Wildman–Crippen LogP) is 3.81. The highest BCUT2D eigenvalue weighted by Gasteiger charge is 2.09. The molecule has 1 heterocycles. The number of nitrogens with zero attached hydrogens (tertiary/aromatic N) is 2. The summed E-state index contributed by atoms with van der Waals surface area (Å²) in [6.07, 6.45) is 1.29. The zero-order valence-corrected chi connectivity index (χ0v) is 10.6. The molecule has 0 unspecified atom stereocenters. The van der Waals surface area contributed by atoms with Crippen molar-refractivity contribution in [3.63, 3.8) is 0 Å². The second-order valence-corrected chi connectivity index (χ2v) is 4.30. The Labute approximate surface area is 112 Å². The summed E-state index contributed by atoms with van der Waals surface area (Å²) in [5.74, 6) is 0.920. The van der Waals surface area contributed by atoms with Crippen LogP contribution in [0.2, 0.25) is 15.1 Å². The van der Waals surface area contributed by atoms with Crippen molar-refractivity contribution >= 4 is 40.6 Å². The Bertz CT molecular complexity index is 562. The fourth-order valence-electron chi connectivity index (χ4n) is 1.10. The molecule has 0 aliphatic rings. The minimum atomic E-state index is 0.276. The molecule has 0 bridgehead atoms. The Morgan fingerprint density at radius 3 is 2.35 bits per heavy atom. The first kappa shape index (κ1) is 12.2. The van der Waals surface area contributed by atoms with Crippen molar-refractivity contribution in [2.75, 3.05) is 5.73 Å².